The number of aliphatic hydroxyl groups is 1. The fourth-order valence-electron chi connectivity index (χ4n) is 1.99. The Balaban J connectivity index is 2.27. The number of nitrogens with two attached hydrogens (primary N) is 1. The van der Waals surface area contributed by atoms with Crippen molar-refractivity contribution in [3.05, 3.63) is 53.7 Å². The summed E-state index contributed by atoms with van der Waals surface area (Å²) < 4.78 is 0. The van der Waals surface area contributed by atoms with Crippen LogP contribution < -0.4 is 10.6 Å². The average molecular weight is 257 g/mol. The highest BCUT2D eigenvalue weighted by atomic mass is 16.3. The molecular weight excluding hydrogens is 238 g/mol. The van der Waals surface area contributed by atoms with Crippen molar-refractivity contribution in [2.75, 3.05) is 23.8 Å². The molecule has 0 saturated heterocycles. The normalized spacial score (nSPS) is 10.4. The Kier molecular flexibility index (Phi) is 4.36. The van der Waals surface area contributed by atoms with Crippen LogP contribution in [0.15, 0.2) is 42.6 Å². The third-order valence-corrected chi connectivity index (χ3v) is 3.07. The minimum Gasteiger partial charge on any atom is -0.396 e. The largest absolute Gasteiger partial charge is 0.396 e. The molecule has 0 radical (unpaired) electrons. The number of anilines is 2. The van der Waals surface area contributed by atoms with Crippen LogP contribution >= 0.6 is 0 Å². The van der Waals surface area contributed by atoms with E-state index in [4.69, 9.17) is 5.73 Å². The molecule has 0 unspecified atom stereocenters. The Labute approximate surface area is 113 Å². The van der Waals surface area contributed by atoms with Gasteiger partial charge in [-0.15, -0.1) is 0 Å². The number of nitrogens with zero attached hydrogens (tertiary/aromatic N) is 2. The first-order valence-corrected chi connectivity index (χ1v) is 6.33. The summed E-state index contributed by atoms with van der Waals surface area (Å²) in [6, 6.07) is 12.0. The second kappa shape index (κ2) is 6.20. The molecule has 100 valence electrons. The summed E-state index contributed by atoms with van der Waals surface area (Å²) in [5, 5.41) is 9.23. The molecular formula is C15H19N3O. The minimum absolute atomic E-state index is 0.0713. The third-order valence-electron chi connectivity index (χ3n) is 3.07. The maximum absolute atomic E-state index is 9.23. The van der Waals surface area contributed by atoms with E-state index in [0.29, 0.717) is 18.8 Å². The number of hydrogen-bond donors (Lipinski definition) is 2. The van der Waals surface area contributed by atoms with Gasteiger partial charge in [-0.05, 0) is 24.1 Å². The lowest BCUT2D eigenvalue weighted by Crippen LogP contribution is -2.28. The SMILES string of the molecule is Cc1ccnc(N(CCO)Cc2ccccc2)c1N. The average Bonchev–Trinajstić information content (AvgIpc) is 2.43. The zero-order valence-corrected chi connectivity index (χ0v) is 11.1. The van der Waals surface area contributed by atoms with E-state index in [9.17, 15) is 5.11 Å². The van der Waals surface area contributed by atoms with Gasteiger partial charge in [0.1, 0.15) is 0 Å². The molecule has 1 aromatic carbocycles. The number of aromatic nitrogens is 1. The summed E-state index contributed by atoms with van der Waals surface area (Å²) in [5.74, 6) is 0.734. The molecule has 1 aromatic heterocycles. The lowest BCUT2D eigenvalue weighted by molar-refractivity contribution is 0.301. The zero-order chi connectivity index (χ0) is 13.7. The van der Waals surface area contributed by atoms with Crippen molar-refractivity contribution >= 4 is 11.5 Å². The molecule has 4 nitrogen and oxygen atoms in total. The molecule has 0 aliphatic carbocycles. The van der Waals surface area contributed by atoms with Gasteiger partial charge in [0.15, 0.2) is 5.82 Å². The Morgan fingerprint density at radius 2 is 1.95 bits per heavy atom. The van der Waals surface area contributed by atoms with Crippen molar-refractivity contribution in [1.82, 2.24) is 4.98 Å². The predicted molar refractivity (Wildman–Crippen MR) is 78.0 cm³/mol. The molecule has 2 aromatic rings. The van der Waals surface area contributed by atoms with Crippen LogP contribution in [0.1, 0.15) is 11.1 Å². The monoisotopic (exact) mass is 257 g/mol. The number of hydrogen-bond acceptors (Lipinski definition) is 4. The molecule has 19 heavy (non-hydrogen) atoms. The molecule has 0 bridgehead atoms. The third kappa shape index (κ3) is 3.23. The van der Waals surface area contributed by atoms with Crippen molar-refractivity contribution in [1.29, 1.82) is 0 Å². The lowest BCUT2D eigenvalue weighted by Gasteiger charge is -2.24. The molecule has 4 heteroatoms. The van der Waals surface area contributed by atoms with Gasteiger partial charge in [-0.2, -0.15) is 0 Å². The molecule has 0 amide bonds. The van der Waals surface area contributed by atoms with Crippen LogP contribution in [-0.2, 0) is 6.54 Å². The van der Waals surface area contributed by atoms with E-state index < -0.39 is 0 Å². The number of benzene rings is 1. The summed E-state index contributed by atoms with van der Waals surface area (Å²) in [6.07, 6.45) is 1.75. The van der Waals surface area contributed by atoms with Crippen LogP contribution in [0.4, 0.5) is 11.5 Å². The number of aryl methyl sites for hydroxylation is 1. The quantitative estimate of drug-likeness (QED) is 0.859. The van der Waals surface area contributed by atoms with E-state index in [1.165, 1.54) is 5.56 Å². The van der Waals surface area contributed by atoms with E-state index >= 15 is 0 Å². The van der Waals surface area contributed by atoms with Crippen LogP contribution in [0.5, 0.6) is 0 Å². The van der Waals surface area contributed by atoms with Crippen molar-refractivity contribution in [2.45, 2.75) is 13.5 Å². The lowest BCUT2D eigenvalue weighted by atomic mass is 10.2. The minimum atomic E-state index is 0.0713. The van der Waals surface area contributed by atoms with Gasteiger partial charge in [0.05, 0.1) is 12.3 Å². The Morgan fingerprint density at radius 1 is 1.21 bits per heavy atom. The number of rotatable bonds is 5. The van der Waals surface area contributed by atoms with E-state index in [0.717, 1.165) is 11.4 Å². The van der Waals surface area contributed by atoms with Crippen LogP contribution in [-0.4, -0.2) is 23.2 Å². The number of nitrogen functional groups attached to an aromatic ring is 1. The summed E-state index contributed by atoms with van der Waals surface area (Å²) in [7, 11) is 0. The topological polar surface area (TPSA) is 62.4 Å². The molecule has 0 saturated carbocycles. The first-order chi connectivity index (χ1) is 9.22. The first kappa shape index (κ1) is 13.4. The molecule has 0 fully saturated rings. The maximum Gasteiger partial charge on any atom is 0.152 e. The highest BCUT2D eigenvalue weighted by Gasteiger charge is 2.12. The van der Waals surface area contributed by atoms with Gasteiger partial charge in [-0.25, -0.2) is 4.98 Å². The van der Waals surface area contributed by atoms with E-state index in [1.54, 1.807) is 6.20 Å². The summed E-state index contributed by atoms with van der Waals surface area (Å²) in [6.45, 7) is 3.22. The molecule has 3 N–H and O–H groups in total. The Morgan fingerprint density at radius 3 is 2.63 bits per heavy atom. The fourth-order valence-corrected chi connectivity index (χ4v) is 1.99. The van der Waals surface area contributed by atoms with Gasteiger partial charge in [0.25, 0.3) is 0 Å². The summed E-state index contributed by atoms with van der Waals surface area (Å²) in [4.78, 5) is 6.34. The predicted octanol–water partition coefficient (Wildman–Crippen LogP) is 1.97. The van der Waals surface area contributed by atoms with Crippen molar-refractivity contribution in [2.24, 2.45) is 0 Å². The molecule has 2 rings (SSSR count). The van der Waals surface area contributed by atoms with Gasteiger partial charge in [-0.1, -0.05) is 30.3 Å². The first-order valence-electron chi connectivity index (χ1n) is 6.33. The van der Waals surface area contributed by atoms with E-state index in [-0.39, 0.29) is 6.61 Å². The van der Waals surface area contributed by atoms with Gasteiger partial charge in [-0.3, -0.25) is 0 Å². The molecule has 1 heterocycles. The van der Waals surface area contributed by atoms with Crippen molar-refractivity contribution < 1.29 is 5.11 Å². The van der Waals surface area contributed by atoms with Crippen molar-refractivity contribution in [3.8, 4) is 0 Å². The van der Waals surface area contributed by atoms with Gasteiger partial charge >= 0.3 is 0 Å². The fraction of sp³-hybridized carbons (Fsp3) is 0.267. The van der Waals surface area contributed by atoms with Gasteiger partial charge in [0.2, 0.25) is 0 Å². The Hall–Kier alpha value is -2.07. The van der Waals surface area contributed by atoms with E-state index in [1.807, 2.05) is 36.1 Å². The molecule has 0 spiro atoms. The van der Waals surface area contributed by atoms with E-state index in [2.05, 4.69) is 17.1 Å². The number of pyridine rings is 1. The summed E-state index contributed by atoms with van der Waals surface area (Å²) in [5.41, 5.74) is 8.92. The highest BCUT2D eigenvalue weighted by molar-refractivity contribution is 5.66. The second-order valence-corrected chi connectivity index (χ2v) is 4.50. The maximum atomic E-state index is 9.23. The van der Waals surface area contributed by atoms with Crippen LogP contribution in [0.2, 0.25) is 0 Å². The number of aliphatic hydroxyl groups excluding tert-OH is 1. The Bertz CT molecular complexity index is 528. The van der Waals surface area contributed by atoms with Gasteiger partial charge < -0.3 is 15.7 Å². The summed E-state index contributed by atoms with van der Waals surface area (Å²) >= 11 is 0. The molecule has 0 atom stereocenters. The molecule has 0 aliphatic rings. The molecule has 0 aliphatic heterocycles. The van der Waals surface area contributed by atoms with Crippen LogP contribution in [0.25, 0.3) is 0 Å². The smallest absolute Gasteiger partial charge is 0.152 e. The van der Waals surface area contributed by atoms with Gasteiger partial charge in [0, 0.05) is 19.3 Å². The van der Waals surface area contributed by atoms with Crippen LogP contribution in [0, 0.1) is 6.92 Å². The van der Waals surface area contributed by atoms with Crippen LogP contribution in [0.3, 0.4) is 0 Å². The van der Waals surface area contributed by atoms with Crippen molar-refractivity contribution in [3.63, 3.8) is 0 Å². The second-order valence-electron chi connectivity index (χ2n) is 4.50. The standard InChI is InChI=1S/C15H19N3O/c1-12-7-8-17-15(14(12)16)18(9-10-19)11-13-5-3-2-4-6-13/h2-8,19H,9-11,16H2,1H3. The zero-order valence-electron chi connectivity index (χ0n) is 11.1. The highest BCUT2D eigenvalue weighted by Crippen LogP contribution is 2.24.